The lowest BCUT2D eigenvalue weighted by Gasteiger charge is -2.12. The second kappa shape index (κ2) is 4.87. The molecule has 1 amide bonds. The molecule has 3 N–H and O–H groups in total. The molecule has 6 nitrogen and oxygen atoms in total. The molecule has 0 fully saturated rings. The number of aliphatic carboxylic acids is 1. The molecule has 1 unspecified atom stereocenters. The third-order valence-corrected chi connectivity index (χ3v) is 2.69. The predicted molar refractivity (Wildman–Crippen MR) is 65.3 cm³/mol. The quantitative estimate of drug-likeness (QED) is 0.755. The number of aromatic nitrogens is 2. The average Bonchev–Trinajstić information content (AvgIpc) is 2.82. The number of H-pyrrole nitrogens is 1. The number of nitrogens with zero attached hydrogens (tertiary/aromatic N) is 1. The van der Waals surface area contributed by atoms with Crippen molar-refractivity contribution in [2.45, 2.75) is 19.4 Å². The molecule has 0 spiro atoms. The zero-order valence-electron chi connectivity index (χ0n) is 9.80. The lowest BCUT2D eigenvalue weighted by Crippen LogP contribution is -2.40. The Morgan fingerprint density at radius 1 is 1.50 bits per heavy atom. The first-order valence-electron chi connectivity index (χ1n) is 5.58. The molecule has 0 bridgehead atoms. The first-order chi connectivity index (χ1) is 8.61. The first-order valence-corrected chi connectivity index (χ1v) is 5.58. The van der Waals surface area contributed by atoms with Crippen LogP contribution in [0.3, 0.4) is 0 Å². The van der Waals surface area contributed by atoms with Crippen molar-refractivity contribution < 1.29 is 14.7 Å². The van der Waals surface area contributed by atoms with Gasteiger partial charge in [-0.25, -0.2) is 9.78 Å². The van der Waals surface area contributed by atoms with Crippen LogP contribution in [-0.2, 0) is 4.79 Å². The van der Waals surface area contributed by atoms with E-state index in [4.69, 9.17) is 5.11 Å². The first kappa shape index (κ1) is 12.1. The number of benzene rings is 1. The number of carboxylic acid groups (broad SMARTS) is 1. The van der Waals surface area contributed by atoms with Crippen molar-refractivity contribution in [3.63, 3.8) is 0 Å². The topological polar surface area (TPSA) is 95.1 Å². The van der Waals surface area contributed by atoms with E-state index in [-0.39, 0.29) is 0 Å². The molecular formula is C12H13N3O3. The molecule has 94 valence electrons. The summed E-state index contributed by atoms with van der Waals surface area (Å²) < 4.78 is 0. The van der Waals surface area contributed by atoms with Gasteiger partial charge in [0.05, 0.1) is 17.4 Å². The smallest absolute Gasteiger partial charge is 0.326 e. The van der Waals surface area contributed by atoms with E-state index in [0.29, 0.717) is 12.0 Å². The third kappa shape index (κ3) is 2.32. The Labute approximate surface area is 103 Å². The van der Waals surface area contributed by atoms with E-state index in [1.54, 1.807) is 31.5 Å². The summed E-state index contributed by atoms with van der Waals surface area (Å²) in [5, 5.41) is 11.3. The monoisotopic (exact) mass is 247 g/mol. The van der Waals surface area contributed by atoms with Gasteiger partial charge < -0.3 is 15.4 Å². The molecular weight excluding hydrogens is 234 g/mol. The Morgan fingerprint density at radius 3 is 2.94 bits per heavy atom. The van der Waals surface area contributed by atoms with E-state index in [9.17, 15) is 9.59 Å². The molecule has 0 aliphatic carbocycles. The summed E-state index contributed by atoms with van der Waals surface area (Å²) in [5.41, 5.74) is 1.91. The lowest BCUT2D eigenvalue weighted by atomic mass is 10.1. The van der Waals surface area contributed by atoms with Crippen LogP contribution in [0.15, 0.2) is 24.5 Å². The van der Waals surface area contributed by atoms with Gasteiger partial charge in [-0.1, -0.05) is 6.92 Å². The van der Waals surface area contributed by atoms with Gasteiger partial charge in [-0.05, 0) is 24.6 Å². The summed E-state index contributed by atoms with van der Waals surface area (Å²) in [5.74, 6) is -1.44. The highest BCUT2D eigenvalue weighted by atomic mass is 16.4. The van der Waals surface area contributed by atoms with Crippen LogP contribution >= 0.6 is 0 Å². The van der Waals surface area contributed by atoms with E-state index >= 15 is 0 Å². The molecule has 0 aliphatic heterocycles. The number of fused-ring (bicyclic) bond motifs is 1. The molecule has 2 rings (SSSR count). The van der Waals surface area contributed by atoms with Crippen LogP contribution in [0.5, 0.6) is 0 Å². The fourth-order valence-corrected chi connectivity index (χ4v) is 1.66. The van der Waals surface area contributed by atoms with Crippen LogP contribution in [0, 0.1) is 0 Å². The minimum atomic E-state index is -1.03. The van der Waals surface area contributed by atoms with Crippen LogP contribution in [0.1, 0.15) is 23.7 Å². The van der Waals surface area contributed by atoms with E-state index in [0.717, 1.165) is 11.0 Å². The zero-order valence-corrected chi connectivity index (χ0v) is 9.80. The molecule has 18 heavy (non-hydrogen) atoms. The minimum Gasteiger partial charge on any atom is -0.480 e. The van der Waals surface area contributed by atoms with Crippen molar-refractivity contribution in [3.8, 4) is 0 Å². The summed E-state index contributed by atoms with van der Waals surface area (Å²) in [7, 11) is 0. The molecule has 1 aromatic heterocycles. The standard InChI is InChI=1S/C12H13N3O3/c1-2-8(12(17)18)15-11(16)7-3-4-9-10(5-7)14-6-13-9/h3-6,8H,2H2,1H3,(H,13,14)(H,15,16)(H,17,18). The van der Waals surface area contributed by atoms with Gasteiger partial charge in [0.15, 0.2) is 0 Å². The molecule has 1 atom stereocenters. The number of hydrogen-bond donors (Lipinski definition) is 3. The van der Waals surface area contributed by atoms with Gasteiger partial charge in [-0.3, -0.25) is 4.79 Å². The fourth-order valence-electron chi connectivity index (χ4n) is 1.66. The number of hydrogen-bond acceptors (Lipinski definition) is 3. The number of amides is 1. The van der Waals surface area contributed by atoms with E-state index < -0.39 is 17.9 Å². The fraction of sp³-hybridized carbons (Fsp3) is 0.250. The number of rotatable bonds is 4. The lowest BCUT2D eigenvalue weighted by molar-refractivity contribution is -0.139. The molecule has 6 heteroatoms. The van der Waals surface area contributed by atoms with Gasteiger partial charge in [0.1, 0.15) is 6.04 Å². The Bertz CT molecular complexity index is 591. The van der Waals surface area contributed by atoms with Crippen molar-refractivity contribution in [2.75, 3.05) is 0 Å². The Kier molecular flexibility index (Phi) is 3.27. The predicted octanol–water partition coefficient (Wildman–Crippen LogP) is 1.16. The highest BCUT2D eigenvalue weighted by Gasteiger charge is 2.18. The van der Waals surface area contributed by atoms with Crippen LogP contribution in [-0.4, -0.2) is 33.0 Å². The second-order valence-electron chi connectivity index (χ2n) is 3.91. The molecule has 1 heterocycles. The number of imidazole rings is 1. The van der Waals surface area contributed by atoms with Crippen LogP contribution < -0.4 is 5.32 Å². The summed E-state index contributed by atoms with van der Waals surface area (Å²) in [6, 6.07) is 4.11. The number of carbonyl (C=O) groups is 2. The summed E-state index contributed by atoms with van der Waals surface area (Å²) in [4.78, 5) is 29.7. The molecule has 2 aromatic rings. The minimum absolute atomic E-state index is 0.341. The van der Waals surface area contributed by atoms with Gasteiger partial charge in [0.25, 0.3) is 5.91 Å². The van der Waals surface area contributed by atoms with Gasteiger partial charge in [0.2, 0.25) is 0 Å². The van der Waals surface area contributed by atoms with Gasteiger partial charge in [-0.15, -0.1) is 0 Å². The van der Waals surface area contributed by atoms with Crippen molar-refractivity contribution in [3.05, 3.63) is 30.1 Å². The van der Waals surface area contributed by atoms with E-state index in [2.05, 4.69) is 15.3 Å². The summed E-state index contributed by atoms with van der Waals surface area (Å²) in [6.45, 7) is 1.71. The maximum Gasteiger partial charge on any atom is 0.326 e. The normalized spacial score (nSPS) is 12.3. The Morgan fingerprint density at radius 2 is 2.28 bits per heavy atom. The Hall–Kier alpha value is -2.37. The molecule has 0 saturated carbocycles. The van der Waals surface area contributed by atoms with Crippen molar-refractivity contribution in [1.82, 2.24) is 15.3 Å². The maximum atomic E-state index is 11.9. The van der Waals surface area contributed by atoms with Gasteiger partial charge >= 0.3 is 5.97 Å². The van der Waals surface area contributed by atoms with Crippen molar-refractivity contribution >= 4 is 22.9 Å². The van der Waals surface area contributed by atoms with Crippen LogP contribution in [0.2, 0.25) is 0 Å². The third-order valence-electron chi connectivity index (χ3n) is 2.69. The van der Waals surface area contributed by atoms with Crippen molar-refractivity contribution in [2.24, 2.45) is 0 Å². The Balaban J connectivity index is 2.19. The molecule has 0 saturated heterocycles. The van der Waals surface area contributed by atoms with Crippen LogP contribution in [0.4, 0.5) is 0 Å². The largest absolute Gasteiger partial charge is 0.480 e. The van der Waals surface area contributed by atoms with Crippen molar-refractivity contribution in [1.29, 1.82) is 0 Å². The number of carbonyl (C=O) groups excluding carboxylic acids is 1. The second-order valence-corrected chi connectivity index (χ2v) is 3.91. The number of nitrogens with one attached hydrogen (secondary N) is 2. The van der Waals surface area contributed by atoms with Crippen LogP contribution in [0.25, 0.3) is 11.0 Å². The average molecular weight is 247 g/mol. The number of carboxylic acids is 1. The maximum absolute atomic E-state index is 11.9. The highest BCUT2D eigenvalue weighted by molar-refractivity contribution is 5.99. The van der Waals surface area contributed by atoms with Gasteiger partial charge in [0, 0.05) is 5.56 Å². The summed E-state index contributed by atoms with van der Waals surface area (Å²) in [6.07, 6.45) is 1.88. The molecule has 0 radical (unpaired) electrons. The zero-order chi connectivity index (χ0) is 13.1. The summed E-state index contributed by atoms with van der Waals surface area (Å²) >= 11 is 0. The molecule has 0 aliphatic rings. The number of aromatic amines is 1. The molecule has 1 aromatic carbocycles. The highest BCUT2D eigenvalue weighted by Crippen LogP contribution is 2.11. The van der Waals surface area contributed by atoms with Gasteiger partial charge in [-0.2, -0.15) is 0 Å². The SMILES string of the molecule is CCC(NC(=O)c1ccc2nc[nH]c2c1)C(=O)O. The van der Waals surface area contributed by atoms with E-state index in [1.807, 2.05) is 0 Å². The van der Waals surface area contributed by atoms with E-state index in [1.165, 1.54) is 0 Å².